The van der Waals surface area contributed by atoms with Crippen LogP contribution in [0.15, 0.2) is 24.3 Å². The van der Waals surface area contributed by atoms with Crippen molar-refractivity contribution in [2.24, 2.45) is 0 Å². The van der Waals surface area contributed by atoms with Gasteiger partial charge in [0, 0.05) is 5.56 Å². The second kappa shape index (κ2) is 6.53. The molecule has 0 radical (unpaired) electrons. The van der Waals surface area contributed by atoms with Crippen molar-refractivity contribution in [3.8, 4) is 0 Å². The summed E-state index contributed by atoms with van der Waals surface area (Å²) in [6.45, 7) is 4.82. The lowest BCUT2D eigenvalue weighted by atomic mass is 10.0. The molecule has 2 atom stereocenters. The molecular formula is C14H18FNO5. The Morgan fingerprint density at radius 1 is 1.29 bits per heavy atom. The van der Waals surface area contributed by atoms with Crippen molar-refractivity contribution in [3.63, 3.8) is 0 Å². The predicted molar refractivity (Wildman–Crippen MR) is 72.2 cm³/mol. The maximum absolute atomic E-state index is 13.6. The molecule has 0 aliphatic rings. The second-order valence-corrected chi connectivity index (χ2v) is 5.43. The summed E-state index contributed by atoms with van der Waals surface area (Å²) in [4.78, 5) is 22.8. The Hall–Kier alpha value is -2.15. The lowest BCUT2D eigenvalue weighted by Gasteiger charge is -2.24. The standard InChI is InChI=1S/C14H18FNO5/c1-14(2,3)21-13(20)16-10(12(18)19)11(17)8-6-4-5-7-9(8)15/h4-7,10-11,17H,1-3H3,(H,16,20)(H,18,19). The first-order valence-corrected chi connectivity index (χ1v) is 6.26. The maximum Gasteiger partial charge on any atom is 0.408 e. The molecule has 0 fully saturated rings. The van der Waals surface area contributed by atoms with Crippen LogP contribution < -0.4 is 5.32 Å². The Kier molecular flexibility index (Phi) is 5.26. The van der Waals surface area contributed by atoms with E-state index < -0.39 is 35.6 Å². The molecule has 0 spiro atoms. The highest BCUT2D eigenvalue weighted by molar-refractivity contribution is 5.80. The van der Waals surface area contributed by atoms with Crippen molar-refractivity contribution in [1.82, 2.24) is 5.32 Å². The minimum absolute atomic E-state index is 0.221. The topological polar surface area (TPSA) is 95.9 Å². The monoisotopic (exact) mass is 299 g/mol. The lowest BCUT2D eigenvalue weighted by molar-refractivity contribution is -0.142. The number of carbonyl (C=O) groups is 2. The highest BCUT2D eigenvalue weighted by Crippen LogP contribution is 2.20. The molecular weight excluding hydrogens is 281 g/mol. The summed E-state index contributed by atoms with van der Waals surface area (Å²) in [5.74, 6) is -2.26. The molecule has 21 heavy (non-hydrogen) atoms. The quantitative estimate of drug-likeness (QED) is 0.788. The number of aliphatic carboxylic acids is 1. The first kappa shape index (κ1) is 16.9. The number of hydrogen-bond donors (Lipinski definition) is 3. The number of aliphatic hydroxyl groups excluding tert-OH is 1. The van der Waals surface area contributed by atoms with Crippen LogP contribution in [0.4, 0.5) is 9.18 Å². The summed E-state index contributed by atoms with van der Waals surface area (Å²) in [7, 11) is 0. The Balaban J connectivity index is 2.90. The van der Waals surface area contributed by atoms with Crippen molar-refractivity contribution >= 4 is 12.1 Å². The third kappa shape index (κ3) is 5.03. The van der Waals surface area contributed by atoms with Crippen molar-refractivity contribution in [3.05, 3.63) is 35.6 Å². The zero-order valence-electron chi connectivity index (χ0n) is 12.0. The third-order valence-electron chi connectivity index (χ3n) is 2.48. The Morgan fingerprint density at radius 2 is 1.86 bits per heavy atom. The second-order valence-electron chi connectivity index (χ2n) is 5.43. The van der Waals surface area contributed by atoms with Crippen molar-refractivity contribution < 1.29 is 28.9 Å². The summed E-state index contributed by atoms with van der Waals surface area (Å²) < 4.78 is 18.5. The minimum atomic E-state index is -1.74. The third-order valence-corrected chi connectivity index (χ3v) is 2.48. The van der Waals surface area contributed by atoms with E-state index in [0.29, 0.717) is 0 Å². The number of rotatable bonds is 4. The van der Waals surface area contributed by atoms with Gasteiger partial charge in [-0.1, -0.05) is 18.2 Å². The van der Waals surface area contributed by atoms with Crippen LogP contribution in [0.2, 0.25) is 0 Å². The van der Waals surface area contributed by atoms with Crippen LogP contribution in [0.5, 0.6) is 0 Å². The number of hydrogen-bond acceptors (Lipinski definition) is 4. The van der Waals surface area contributed by atoms with E-state index in [0.717, 1.165) is 6.07 Å². The van der Waals surface area contributed by atoms with Crippen LogP contribution in [0.1, 0.15) is 32.4 Å². The van der Waals surface area contributed by atoms with Gasteiger partial charge in [0.1, 0.15) is 17.5 Å². The molecule has 0 aromatic heterocycles. The average molecular weight is 299 g/mol. The average Bonchev–Trinajstić information content (AvgIpc) is 2.33. The van der Waals surface area contributed by atoms with Gasteiger partial charge in [0.15, 0.2) is 6.04 Å². The predicted octanol–water partition coefficient (Wildman–Crippen LogP) is 1.84. The molecule has 6 nitrogen and oxygen atoms in total. The minimum Gasteiger partial charge on any atom is -0.480 e. The molecule has 116 valence electrons. The fourth-order valence-corrected chi connectivity index (χ4v) is 1.60. The van der Waals surface area contributed by atoms with Gasteiger partial charge in [0.25, 0.3) is 0 Å². The van der Waals surface area contributed by atoms with E-state index in [9.17, 15) is 19.1 Å². The van der Waals surface area contributed by atoms with Crippen molar-refractivity contribution in [1.29, 1.82) is 0 Å². The Morgan fingerprint density at radius 3 is 2.33 bits per heavy atom. The van der Waals surface area contributed by atoms with E-state index >= 15 is 0 Å². The largest absolute Gasteiger partial charge is 0.480 e. The fraction of sp³-hybridized carbons (Fsp3) is 0.429. The van der Waals surface area contributed by atoms with Gasteiger partial charge in [-0.25, -0.2) is 14.0 Å². The normalized spacial score (nSPS) is 14.1. The van der Waals surface area contributed by atoms with Gasteiger partial charge in [-0.2, -0.15) is 0 Å². The number of benzene rings is 1. The molecule has 1 amide bonds. The van der Waals surface area contributed by atoms with Crippen molar-refractivity contribution in [2.45, 2.75) is 38.5 Å². The van der Waals surface area contributed by atoms with Gasteiger partial charge >= 0.3 is 12.1 Å². The van der Waals surface area contributed by atoms with E-state index in [4.69, 9.17) is 9.84 Å². The van der Waals surface area contributed by atoms with Crippen LogP contribution in [-0.2, 0) is 9.53 Å². The summed E-state index contributed by atoms with van der Waals surface area (Å²) in [6.07, 6.45) is -2.75. The lowest BCUT2D eigenvalue weighted by Crippen LogP contribution is -2.47. The summed E-state index contributed by atoms with van der Waals surface area (Å²) in [6, 6.07) is 3.46. The number of amides is 1. The SMILES string of the molecule is CC(C)(C)OC(=O)NC(C(=O)O)C(O)c1ccccc1F. The molecule has 0 heterocycles. The first-order valence-electron chi connectivity index (χ1n) is 6.26. The number of nitrogens with one attached hydrogen (secondary N) is 1. The van der Waals surface area contributed by atoms with E-state index in [1.807, 2.05) is 5.32 Å². The molecule has 0 aliphatic carbocycles. The number of carboxylic acid groups (broad SMARTS) is 1. The van der Waals surface area contributed by atoms with Gasteiger partial charge in [-0.15, -0.1) is 0 Å². The number of aliphatic hydroxyl groups is 1. The van der Waals surface area contributed by atoms with Crippen LogP contribution in [0.25, 0.3) is 0 Å². The van der Waals surface area contributed by atoms with Crippen molar-refractivity contribution in [2.75, 3.05) is 0 Å². The van der Waals surface area contributed by atoms with Gasteiger partial charge in [0.05, 0.1) is 0 Å². The van der Waals surface area contributed by atoms with E-state index in [1.54, 1.807) is 20.8 Å². The first-order chi connectivity index (χ1) is 9.61. The molecule has 0 saturated carbocycles. The smallest absolute Gasteiger partial charge is 0.408 e. The van der Waals surface area contributed by atoms with Gasteiger partial charge in [-0.3, -0.25) is 0 Å². The highest BCUT2D eigenvalue weighted by Gasteiger charge is 2.32. The Labute approximate surface area is 121 Å². The fourth-order valence-electron chi connectivity index (χ4n) is 1.60. The van der Waals surface area contributed by atoms with Crippen LogP contribution in [-0.4, -0.2) is 33.9 Å². The zero-order valence-corrected chi connectivity index (χ0v) is 12.0. The number of ether oxygens (including phenoxy) is 1. The maximum atomic E-state index is 13.6. The molecule has 7 heteroatoms. The summed E-state index contributed by atoms with van der Waals surface area (Å²) >= 11 is 0. The molecule has 1 aromatic carbocycles. The molecule has 0 aliphatic heterocycles. The summed E-state index contributed by atoms with van der Waals surface area (Å²) in [5.41, 5.74) is -1.04. The van der Waals surface area contributed by atoms with Gasteiger partial charge < -0.3 is 20.3 Å². The molecule has 2 unspecified atom stereocenters. The molecule has 0 bridgehead atoms. The number of halogens is 1. The van der Waals surface area contributed by atoms with E-state index in [2.05, 4.69) is 0 Å². The van der Waals surface area contributed by atoms with E-state index in [-0.39, 0.29) is 5.56 Å². The van der Waals surface area contributed by atoms with Gasteiger partial charge in [-0.05, 0) is 26.8 Å². The van der Waals surface area contributed by atoms with Gasteiger partial charge in [0.2, 0.25) is 0 Å². The number of carboxylic acids is 1. The van der Waals surface area contributed by atoms with Crippen LogP contribution in [0.3, 0.4) is 0 Å². The zero-order chi connectivity index (χ0) is 16.2. The molecule has 0 saturated heterocycles. The van der Waals surface area contributed by atoms with Crippen LogP contribution >= 0.6 is 0 Å². The summed E-state index contributed by atoms with van der Waals surface area (Å²) in [5, 5.41) is 21.1. The van der Waals surface area contributed by atoms with Crippen LogP contribution in [0, 0.1) is 5.82 Å². The molecule has 1 rings (SSSR count). The Bertz CT molecular complexity index is 526. The number of carbonyl (C=O) groups excluding carboxylic acids is 1. The number of alkyl carbamates (subject to hydrolysis) is 1. The molecule has 1 aromatic rings. The van der Waals surface area contributed by atoms with E-state index in [1.165, 1.54) is 18.2 Å². The highest BCUT2D eigenvalue weighted by atomic mass is 19.1. The molecule has 3 N–H and O–H groups in total.